The van der Waals surface area contributed by atoms with Gasteiger partial charge >= 0.3 is 0 Å². The lowest BCUT2D eigenvalue weighted by Gasteiger charge is -2.23. The van der Waals surface area contributed by atoms with Crippen molar-refractivity contribution >= 4 is 27.8 Å². The summed E-state index contributed by atoms with van der Waals surface area (Å²) in [4.78, 5) is 12.2. The first-order chi connectivity index (χ1) is 13.3. The van der Waals surface area contributed by atoms with Gasteiger partial charge in [0, 0.05) is 11.6 Å². The molecule has 0 radical (unpaired) electrons. The topological polar surface area (TPSA) is 118 Å². The molecule has 0 atom stereocenters. The number of phenols is 1. The first-order valence-corrected chi connectivity index (χ1v) is 9.90. The Kier molecular flexibility index (Phi) is 6.83. The van der Waals surface area contributed by atoms with Gasteiger partial charge < -0.3 is 14.6 Å². The Morgan fingerprint density at radius 2 is 1.93 bits per heavy atom. The second-order valence-electron chi connectivity index (χ2n) is 5.66. The van der Waals surface area contributed by atoms with Crippen LogP contribution < -0.4 is 19.2 Å². The third-order valence-electron chi connectivity index (χ3n) is 3.67. The Bertz CT molecular complexity index is 975. The number of nitrogens with zero attached hydrogens (tertiary/aromatic N) is 2. The van der Waals surface area contributed by atoms with Crippen LogP contribution in [-0.2, 0) is 14.8 Å². The van der Waals surface area contributed by atoms with Crippen molar-refractivity contribution in [3.8, 4) is 17.2 Å². The number of hydrogen-bond donors (Lipinski definition) is 2. The molecule has 0 heterocycles. The highest BCUT2D eigenvalue weighted by atomic mass is 32.2. The first kappa shape index (κ1) is 21.0. The van der Waals surface area contributed by atoms with E-state index in [4.69, 9.17) is 9.47 Å². The number of hydrogen-bond acceptors (Lipinski definition) is 7. The Labute approximate surface area is 163 Å². The quantitative estimate of drug-likeness (QED) is 0.503. The number of amides is 1. The minimum Gasteiger partial charge on any atom is -0.507 e. The molecule has 2 rings (SSSR count). The largest absolute Gasteiger partial charge is 0.507 e. The number of para-hydroxylation sites is 1. The van der Waals surface area contributed by atoms with E-state index >= 15 is 0 Å². The summed E-state index contributed by atoms with van der Waals surface area (Å²) in [5.41, 5.74) is 2.83. The van der Waals surface area contributed by atoms with Crippen molar-refractivity contribution in [1.82, 2.24) is 5.43 Å². The van der Waals surface area contributed by atoms with Gasteiger partial charge in [0.2, 0.25) is 10.0 Å². The number of phenolic OH excluding ortho intramolecular Hbond substituents is 1. The van der Waals surface area contributed by atoms with E-state index in [2.05, 4.69) is 10.5 Å². The van der Waals surface area contributed by atoms with Gasteiger partial charge in [-0.1, -0.05) is 12.1 Å². The van der Waals surface area contributed by atoms with E-state index in [0.717, 1.165) is 10.6 Å². The van der Waals surface area contributed by atoms with Crippen LogP contribution in [0.25, 0.3) is 0 Å². The lowest BCUT2D eigenvalue weighted by Crippen LogP contribution is -2.39. The third kappa shape index (κ3) is 5.36. The van der Waals surface area contributed by atoms with Crippen LogP contribution in [0.1, 0.15) is 5.56 Å². The molecule has 9 nitrogen and oxygen atoms in total. The molecule has 0 saturated heterocycles. The molecule has 2 aromatic carbocycles. The number of methoxy groups -OCH3 is 2. The van der Waals surface area contributed by atoms with Gasteiger partial charge in [-0.05, 0) is 24.3 Å². The highest BCUT2D eigenvalue weighted by molar-refractivity contribution is 7.92. The van der Waals surface area contributed by atoms with Gasteiger partial charge in [-0.25, -0.2) is 13.8 Å². The molecule has 150 valence electrons. The van der Waals surface area contributed by atoms with Crippen LogP contribution in [0.2, 0.25) is 0 Å². The maximum atomic E-state index is 12.2. The van der Waals surface area contributed by atoms with Gasteiger partial charge in [0.1, 0.15) is 23.8 Å². The Morgan fingerprint density at radius 3 is 2.54 bits per heavy atom. The Hall–Kier alpha value is -3.27. The van der Waals surface area contributed by atoms with E-state index in [1.165, 1.54) is 38.6 Å². The van der Waals surface area contributed by atoms with Crippen molar-refractivity contribution in [2.24, 2.45) is 5.10 Å². The molecule has 2 N–H and O–H groups in total. The normalized spacial score (nSPS) is 11.2. The van der Waals surface area contributed by atoms with E-state index in [0.29, 0.717) is 11.3 Å². The van der Waals surface area contributed by atoms with E-state index in [9.17, 15) is 18.3 Å². The number of aromatic hydroxyl groups is 1. The molecule has 2 aromatic rings. The van der Waals surface area contributed by atoms with E-state index in [1.54, 1.807) is 24.3 Å². The fourth-order valence-corrected chi connectivity index (χ4v) is 3.17. The van der Waals surface area contributed by atoms with Gasteiger partial charge in [0.05, 0.1) is 32.4 Å². The predicted octanol–water partition coefficient (Wildman–Crippen LogP) is 1.33. The summed E-state index contributed by atoms with van der Waals surface area (Å²) in [5.74, 6) is 0.0391. The molecule has 0 aliphatic rings. The van der Waals surface area contributed by atoms with Crippen LogP contribution in [0.15, 0.2) is 47.6 Å². The molecule has 0 aliphatic heterocycles. The van der Waals surface area contributed by atoms with Gasteiger partial charge in [-0.15, -0.1) is 0 Å². The zero-order valence-electron chi connectivity index (χ0n) is 15.6. The number of ether oxygens (including phenoxy) is 2. The summed E-state index contributed by atoms with van der Waals surface area (Å²) < 4.78 is 35.7. The summed E-state index contributed by atoms with van der Waals surface area (Å²) in [7, 11) is -0.934. The Morgan fingerprint density at radius 1 is 1.21 bits per heavy atom. The minimum absolute atomic E-state index is 0.00114. The van der Waals surface area contributed by atoms with Crippen molar-refractivity contribution in [2.45, 2.75) is 0 Å². The van der Waals surface area contributed by atoms with Gasteiger partial charge in [0.25, 0.3) is 5.91 Å². The zero-order valence-corrected chi connectivity index (χ0v) is 16.4. The maximum Gasteiger partial charge on any atom is 0.260 e. The van der Waals surface area contributed by atoms with E-state index < -0.39 is 22.5 Å². The summed E-state index contributed by atoms with van der Waals surface area (Å²) in [6.07, 6.45) is 2.24. The second kappa shape index (κ2) is 9.09. The second-order valence-corrected chi connectivity index (χ2v) is 7.57. The molecular weight excluding hydrogens is 386 g/mol. The number of carbonyl (C=O) groups excluding carboxylic acids is 1. The SMILES string of the molecule is COc1ccc(N(CC(=O)N/N=C\c2ccccc2O)S(C)(=O)=O)c(OC)c1. The molecule has 0 saturated carbocycles. The highest BCUT2D eigenvalue weighted by Gasteiger charge is 2.24. The summed E-state index contributed by atoms with van der Waals surface area (Å²) in [6, 6.07) is 11.0. The van der Waals surface area contributed by atoms with Crippen molar-refractivity contribution in [2.75, 3.05) is 31.3 Å². The molecule has 0 fully saturated rings. The van der Waals surface area contributed by atoms with Crippen molar-refractivity contribution in [1.29, 1.82) is 0 Å². The average molecular weight is 407 g/mol. The smallest absolute Gasteiger partial charge is 0.260 e. The molecule has 1 amide bonds. The van der Waals surface area contributed by atoms with Crippen LogP contribution in [0.5, 0.6) is 17.2 Å². The van der Waals surface area contributed by atoms with Crippen LogP contribution in [0.3, 0.4) is 0 Å². The van der Waals surface area contributed by atoms with Crippen LogP contribution in [-0.4, -0.2) is 52.7 Å². The third-order valence-corrected chi connectivity index (χ3v) is 4.80. The van der Waals surface area contributed by atoms with Gasteiger partial charge in [0.15, 0.2) is 0 Å². The van der Waals surface area contributed by atoms with E-state index in [1.807, 2.05) is 0 Å². The summed E-state index contributed by atoms with van der Waals surface area (Å²) in [6.45, 7) is -0.514. The predicted molar refractivity (Wildman–Crippen MR) is 106 cm³/mol. The molecule has 0 aliphatic carbocycles. The van der Waals surface area contributed by atoms with Crippen molar-refractivity contribution < 1.29 is 27.8 Å². The maximum absolute atomic E-state index is 12.2. The van der Waals surface area contributed by atoms with Crippen LogP contribution >= 0.6 is 0 Å². The summed E-state index contributed by atoms with van der Waals surface area (Å²) in [5, 5.41) is 13.4. The first-order valence-electron chi connectivity index (χ1n) is 8.06. The molecule has 0 unspecified atom stereocenters. The highest BCUT2D eigenvalue weighted by Crippen LogP contribution is 2.33. The molecule has 0 spiro atoms. The molecule has 28 heavy (non-hydrogen) atoms. The van der Waals surface area contributed by atoms with Crippen molar-refractivity contribution in [3.05, 3.63) is 48.0 Å². The lowest BCUT2D eigenvalue weighted by atomic mass is 10.2. The number of carbonyl (C=O) groups is 1. The average Bonchev–Trinajstić information content (AvgIpc) is 2.66. The number of sulfonamides is 1. The zero-order chi connectivity index (χ0) is 20.7. The van der Waals surface area contributed by atoms with Crippen molar-refractivity contribution in [3.63, 3.8) is 0 Å². The van der Waals surface area contributed by atoms with Gasteiger partial charge in [-0.2, -0.15) is 5.10 Å². The fraction of sp³-hybridized carbons (Fsp3) is 0.222. The van der Waals surface area contributed by atoms with Crippen LogP contribution in [0, 0.1) is 0 Å². The minimum atomic E-state index is -3.79. The number of rotatable bonds is 8. The number of anilines is 1. The standard InChI is InChI=1S/C18H21N3O6S/c1-26-14-8-9-15(17(10-14)27-2)21(28(3,24)25)12-18(23)20-19-11-13-6-4-5-7-16(13)22/h4-11,22H,12H2,1-3H3,(H,20,23)/b19-11-. The number of benzene rings is 2. The monoisotopic (exact) mass is 407 g/mol. The summed E-state index contributed by atoms with van der Waals surface area (Å²) >= 11 is 0. The van der Waals surface area contributed by atoms with Crippen LogP contribution in [0.4, 0.5) is 5.69 Å². The van der Waals surface area contributed by atoms with Gasteiger partial charge in [-0.3, -0.25) is 9.10 Å². The lowest BCUT2D eigenvalue weighted by molar-refractivity contribution is -0.119. The number of hydrazone groups is 1. The molecular formula is C18H21N3O6S. The molecule has 10 heteroatoms. The fourth-order valence-electron chi connectivity index (χ4n) is 2.31. The molecule has 0 bridgehead atoms. The number of nitrogens with one attached hydrogen (secondary N) is 1. The van der Waals surface area contributed by atoms with E-state index in [-0.39, 0.29) is 17.2 Å². The molecule has 0 aromatic heterocycles. The Balaban J connectivity index is 2.19.